The van der Waals surface area contributed by atoms with Gasteiger partial charge in [0, 0.05) is 31.4 Å². The van der Waals surface area contributed by atoms with Crippen molar-refractivity contribution in [3.05, 3.63) is 54.5 Å². The lowest BCUT2D eigenvalue weighted by molar-refractivity contribution is -0.134. The summed E-state index contributed by atoms with van der Waals surface area (Å²) in [5, 5.41) is 7.05. The van der Waals surface area contributed by atoms with Gasteiger partial charge in [-0.05, 0) is 31.9 Å². The molecular weight excluding hydrogens is 504 g/mol. The maximum atomic E-state index is 12.9. The van der Waals surface area contributed by atoms with Crippen molar-refractivity contribution in [2.24, 2.45) is 0 Å². The first kappa shape index (κ1) is 26.4. The Morgan fingerprint density at radius 2 is 2.00 bits per heavy atom. The Balaban J connectivity index is 1.08. The standard InChI is InChI=1S/C27H32N6O6/c1-18-5-7-20(8-6-18)38-21-4-3-11-32(15-21)25(34)16-33-14-19(13-29-33)30-26(35)23-12-22(17-37-23)39-24-9-10-28-27(31-24)36-2/h5-10,13-14,21-23H,3-4,11-12,15-17H2,1-2H3,(H,30,35)/t21-,22-,23+/m0/s1. The highest BCUT2D eigenvalue weighted by molar-refractivity contribution is 5.94. The van der Waals surface area contributed by atoms with Crippen LogP contribution in [0, 0.1) is 6.92 Å². The fourth-order valence-corrected chi connectivity index (χ4v) is 4.57. The highest BCUT2D eigenvalue weighted by Gasteiger charge is 2.33. The Morgan fingerprint density at radius 3 is 2.82 bits per heavy atom. The van der Waals surface area contributed by atoms with E-state index in [2.05, 4.69) is 20.4 Å². The van der Waals surface area contributed by atoms with Crippen LogP contribution in [0.2, 0.25) is 0 Å². The van der Waals surface area contributed by atoms with Gasteiger partial charge in [-0.15, -0.1) is 0 Å². The summed E-state index contributed by atoms with van der Waals surface area (Å²) in [6, 6.07) is 9.75. The molecule has 4 heterocycles. The number of aromatic nitrogens is 4. The van der Waals surface area contributed by atoms with Crippen LogP contribution in [0.15, 0.2) is 48.9 Å². The van der Waals surface area contributed by atoms with Gasteiger partial charge in [0.25, 0.3) is 5.91 Å². The number of nitrogens with one attached hydrogen (secondary N) is 1. The third-order valence-corrected chi connectivity index (χ3v) is 6.58. The van der Waals surface area contributed by atoms with Gasteiger partial charge in [0.2, 0.25) is 11.8 Å². The molecule has 0 spiro atoms. The van der Waals surface area contributed by atoms with Gasteiger partial charge >= 0.3 is 6.01 Å². The number of benzene rings is 1. The topological polar surface area (TPSA) is 130 Å². The smallest absolute Gasteiger partial charge is 0.319 e. The molecule has 3 atom stereocenters. The first-order valence-electron chi connectivity index (χ1n) is 12.9. The summed E-state index contributed by atoms with van der Waals surface area (Å²) in [6.45, 7) is 3.57. The average molecular weight is 537 g/mol. The summed E-state index contributed by atoms with van der Waals surface area (Å²) in [7, 11) is 1.47. The number of carbonyl (C=O) groups excluding carboxylic acids is 2. The molecule has 1 aromatic carbocycles. The highest BCUT2D eigenvalue weighted by atomic mass is 16.6. The lowest BCUT2D eigenvalue weighted by atomic mass is 10.1. The van der Waals surface area contributed by atoms with Crippen LogP contribution in [-0.2, 0) is 20.9 Å². The van der Waals surface area contributed by atoms with Crippen molar-refractivity contribution in [3.63, 3.8) is 0 Å². The number of ether oxygens (including phenoxy) is 4. The van der Waals surface area contributed by atoms with E-state index < -0.39 is 6.10 Å². The second-order valence-electron chi connectivity index (χ2n) is 9.63. The van der Waals surface area contributed by atoms with E-state index in [1.165, 1.54) is 29.7 Å². The molecule has 39 heavy (non-hydrogen) atoms. The molecule has 1 N–H and O–H groups in total. The lowest BCUT2D eigenvalue weighted by Crippen LogP contribution is -2.45. The summed E-state index contributed by atoms with van der Waals surface area (Å²) in [6.07, 6.45) is 5.77. The van der Waals surface area contributed by atoms with Crippen LogP contribution in [0.5, 0.6) is 17.6 Å². The van der Waals surface area contributed by atoms with Gasteiger partial charge < -0.3 is 29.2 Å². The number of aryl methyl sites for hydroxylation is 1. The maximum Gasteiger partial charge on any atom is 0.319 e. The van der Waals surface area contributed by atoms with Crippen LogP contribution in [-0.4, -0.2) is 81.6 Å². The predicted octanol–water partition coefficient (Wildman–Crippen LogP) is 2.24. The number of nitrogens with zero attached hydrogens (tertiary/aromatic N) is 5. The number of methoxy groups -OCH3 is 1. The fraction of sp³-hybridized carbons (Fsp3) is 0.444. The minimum absolute atomic E-state index is 0.0475. The average Bonchev–Trinajstić information content (AvgIpc) is 3.60. The zero-order valence-electron chi connectivity index (χ0n) is 22.0. The van der Waals surface area contributed by atoms with E-state index in [9.17, 15) is 9.59 Å². The van der Waals surface area contributed by atoms with Crippen molar-refractivity contribution in [1.82, 2.24) is 24.6 Å². The summed E-state index contributed by atoms with van der Waals surface area (Å²) in [5.74, 6) is 0.808. The van der Waals surface area contributed by atoms with E-state index in [4.69, 9.17) is 18.9 Å². The number of anilines is 1. The monoisotopic (exact) mass is 536 g/mol. The van der Waals surface area contributed by atoms with Gasteiger partial charge in [-0.2, -0.15) is 10.1 Å². The molecule has 0 saturated carbocycles. The number of hydrogen-bond donors (Lipinski definition) is 1. The van der Waals surface area contributed by atoms with Gasteiger partial charge in [-0.1, -0.05) is 17.7 Å². The van der Waals surface area contributed by atoms with E-state index in [0.29, 0.717) is 31.1 Å². The zero-order valence-corrected chi connectivity index (χ0v) is 22.0. The fourth-order valence-electron chi connectivity index (χ4n) is 4.57. The van der Waals surface area contributed by atoms with Crippen molar-refractivity contribution in [1.29, 1.82) is 0 Å². The summed E-state index contributed by atoms with van der Waals surface area (Å²) < 4.78 is 24.0. The molecule has 2 aliphatic heterocycles. The van der Waals surface area contributed by atoms with Crippen LogP contribution in [0.3, 0.4) is 0 Å². The molecule has 2 amide bonds. The van der Waals surface area contributed by atoms with E-state index in [1.54, 1.807) is 12.3 Å². The molecule has 12 nitrogen and oxygen atoms in total. The van der Waals surface area contributed by atoms with Crippen molar-refractivity contribution in [2.45, 2.75) is 51.0 Å². The molecular formula is C27H32N6O6. The Morgan fingerprint density at radius 1 is 1.15 bits per heavy atom. The minimum atomic E-state index is -0.678. The molecule has 2 aromatic heterocycles. The Kier molecular flexibility index (Phi) is 8.21. The van der Waals surface area contributed by atoms with Crippen molar-refractivity contribution < 1.29 is 28.5 Å². The van der Waals surface area contributed by atoms with Crippen LogP contribution in [0.25, 0.3) is 0 Å². The Bertz CT molecular complexity index is 1280. The largest absolute Gasteiger partial charge is 0.489 e. The molecule has 2 fully saturated rings. The number of likely N-dealkylation sites (tertiary alicyclic amines) is 1. The molecule has 0 unspecified atom stereocenters. The molecule has 2 saturated heterocycles. The third kappa shape index (κ3) is 7.02. The molecule has 2 aliphatic rings. The van der Waals surface area contributed by atoms with Crippen LogP contribution in [0.1, 0.15) is 24.8 Å². The van der Waals surface area contributed by atoms with E-state index in [0.717, 1.165) is 18.6 Å². The van der Waals surface area contributed by atoms with Crippen LogP contribution in [0.4, 0.5) is 5.69 Å². The van der Waals surface area contributed by atoms with E-state index >= 15 is 0 Å². The molecule has 5 rings (SSSR count). The quantitative estimate of drug-likeness (QED) is 0.438. The Labute approximate surface area is 226 Å². The summed E-state index contributed by atoms with van der Waals surface area (Å²) in [5.41, 5.74) is 1.66. The van der Waals surface area contributed by atoms with Gasteiger partial charge in [0.05, 0.1) is 32.1 Å². The predicted molar refractivity (Wildman–Crippen MR) is 140 cm³/mol. The van der Waals surface area contributed by atoms with Gasteiger partial charge in [0.1, 0.15) is 30.6 Å². The number of carbonyl (C=O) groups is 2. The maximum absolute atomic E-state index is 12.9. The summed E-state index contributed by atoms with van der Waals surface area (Å²) >= 11 is 0. The van der Waals surface area contributed by atoms with Gasteiger partial charge in [-0.25, -0.2) is 4.98 Å². The molecule has 0 bridgehead atoms. The number of piperidine rings is 1. The highest BCUT2D eigenvalue weighted by Crippen LogP contribution is 2.22. The second kappa shape index (κ2) is 12.1. The van der Waals surface area contributed by atoms with Crippen LogP contribution < -0.4 is 19.5 Å². The first-order valence-corrected chi connectivity index (χ1v) is 12.9. The Hall–Kier alpha value is -4.19. The lowest BCUT2D eigenvalue weighted by Gasteiger charge is -2.33. The van der Waals surface area contributed by atoms with Crippen molar-refractivity contribution >= 4 is 17.5 Å². The van der Waals surface area contributed by atoms with E-state index in [-0.39, 0.29) is 43.2 Å². The first-order chi connectivity index (χ1) is 18.9. The van der Waals surface area contributed by atoms with Gasteiger partial charge in [0.15, 0.2) is 0 Å². The van der Waals surface area contributed by atoms with E-state index in [1.807, 2.05) is 36.1 Å². The molecule has 12 heteroatoms. The number of amides is 2. The zero-order chi connectivity index (χ0) is 27.2. The molecule has 206 valence electrons. The SMILES string of the molecule is COc1nccc(O[C@@H]2CO[C@@H](C(=O)Nc3cnn(CC(=O)N4CCC[C@H](Oc5ccc(C)cc5)C4)c3)C2)n1. The van der Waals surface area contributed by atoms with Gasteiger partial charge in [-0.3, -0.25) is 14.3 Å². The second-order valence-corrected chi connectivity index (χ2v) is 9.63. The number of hydrogen-bond acceptors (Lipinski definition) is 9. The molecule has 0 aliphatic carbocycles. The molecule has 3 aromatic rings. The van der Waals surface area contributed by atoms with Crippen molar-refractivity contribution in [2.75, 3.05) is 32.1 Å². The molecule has 0 radical (unpaired) electrons. The van der Waals surface area contributed by atoms with Crippen LogP contribution >= 0.6 is 0 Å². The number of rotatable bonds is 9. The summed E-state index contributed by atoms with van der Waals surface area (Å²) in [4.78, 5) is 35.6. The van der Waals surface area contributed by atoms with Crippen molar-refractivity contribution in [3.8, 4) is 17.6 Å². The third-order valence-electron chi connectivity index (χ3n) is 6.58. The minimum Gasteiger partial charge on any atom is -0.489 e. The normalized spacial score (nSPS) is 20.9.